The molecular weight excluding hydrogens is 244 g/mol. The van der Waals surface area contributed by atoms with E-state index in [1.807, 2.05) is 0 Å². The summed E-state index contributed by atoms with van der Waals surface area (Å²) in [7, 11) is 0. The first-order valence-corrected chi connectivity index (χ1v) is 7.65. The van der Waals surface area contributed by atoms with Crippen LogP contribution in [-0.2, 0) is 18.9 Å². The molecule has 0 aromatic carbocycles. The highest BCUT2D eigenvalue weighted by Crippen LogP contribution is 2.41. The third-order valence-electron chi connectivity index (χ3n) is 4.82. The Bertz CT molecular complexity index is 344. The van der Waals surface area contributed by atoms with Crippen molar-refractivity contribution in [3.05, 3.63) is 11.5 Å². The van der Waals surface area contributed by atoms with Gasteiger partial charge in [0.15, 0.2) is 0 Å². The smallest absolute Gasteiger partial charge is 0.137 e. The second-order valence-electron chi connectivity index (χ2n) is 6.07. The number of ether oxygens (including phenoxy) is 4. The molecule has 19 heavy (non-hydrogen) atoms. The molecule has 2 saturated heterocycles. The quantitative estimate of drug-likeness (QED) is 0.674. The van der Waals surface area contributed by atoms with E-state index in [0.717, 1.165) is 69.9 Å². The Kier molecular flexibility index (Phi) is 3.16. The van der Waals surface area contributed by atoms with Crippen molar-refractivity contribution in [2.45, 2.75) is 56.8 Å². The maximum Gasteiger partial charge on any atom is 0.137 e. The fourth-order valence-corrected chi connectivity index (χ4v) is 3.73. The highest BCUT2D eigenvalue weighted by molar-refractivity contribution is 5.14. The zero-order valence-corrected chi connectivity index (χ0v) is 11.3. The van der Waals surface area contributed by atoms with Crippen LogP contribution in [0.15, 0.2) is 11.5 Å². The average molecular weight is 266 g/mol. The highest BCUT2D eigenvalue weighted by atomic mass is 16.6. The predicted molar refractivity (Wildman–Crippen MR) is 68.5 cm³/mol. The molecule has 4 rings (SSSR count). The van der Waals surface area contributed by atoms with Crippen LogP contribution >= 0.6 is 0 Å². The van der Waals surface area contributed by atoms with Crippen LogP contribution in [0.25, 0.3) is 0 Å². The zero-order chi connectivity index (χ0) is 12.7. The first-order valence-electron chi connectivity index (χ1n) is 7.65. The van der Waals surface area contributed by atoms with E-state index >= 15 is 0 Å². The Hall–Kier alpha value is -0.740. The molecule has 4 heterocycles. The fourth-order valence-electron chi connectivity index (χ4n) is 3.73. The lowest BCUT2D eigenvalue weighted by atomic mass is 9.88. The van der Waals surface area contributed by atoms with Gasteiger partial charge in [-0.25, -0.2) is 0 Å². The van der Waals surface area contributed by atoms with Gasteiger partial charge in [0.2, 0.25) is 0 Å². The van der Waals surface area contributed by atoms with E-state index in [1.54, 1.807) is 0 Å². The van der Waals surface area contributed by atoms with Crippen LogP contribution in [0.5, 0.6) is 0 Å². The summed E-state index contributed by atoms with van der Waals surface area (Å²) in [6.07, 6.45) is 7.08. The molecule has 0 radical (unpaired) electrons. The molecule has 0 saturated carbocycles. The number of hydrogen-bond donors (Lipinski definition) is 0. The lowest BCUT2D eigenvalue weighted by Gasteiger charge is -2.42. The van der Waals surface area contributed by atoms with Crippen LogP contribution in [0.1, 0.15) is 38.5 Å². The van der Waals surface area contributed by atoms with E-state index in [4.69, 9.17) is 18.9 Å². The van der Waals surface area contributed by atoms with Crippen molar-refractivity contribution in [2.75, 3.05) is 19.8 Å². The average Bonchev–Trinajstić information content (AvgIpc) is 2.67. The van der Waals surface area contributed by atoms with Gasteiger partial charge in [-0.15, -0.1) is 0 Å². The standard InChI is InChI=1S/C15H22O4/c1-2-12-13(17-5-1)9-15-14(19-12)8-10-3-6-16-7-4-11(10)18-15/h10-13H,1-9H2. The zero-order valence-electron chi connectivity index (χ0n) is 11.3. The summed E-state index contributed by atoms with van der Waals surface area (Å²) in [5.41, 5.74) is 0. The van der Waals surface area contributed by atoms with Gasteiger partial charge in [-0.3, -0.25) is 0 Å². The van der Waals surface area contributed by atoms with Crippen molar-refractivity contribution >= 4 is 0 Å². The Morgan fingerprint density at radius 1 is 0.737 bits per heavy atom. The van der Waals surface area contributed by atoms with Gasteiger partial charge in [0.25, 0.3) is 0 Å². The van der Waals surface area contributed by atoms with Gasteiger partial charge in [-0.2, -0.15) is 0 Å². The summed E-state index contributed by atoms with van der Waals surface area (Å²) < 4.78 is 23.8. The van der Waals surface area contributed by atoms with Crippen molar-refractivity contribution in [1.82, 2.24) is 0 Å². The number of allylic oxidation sites excluding steroid dienone is 1. The van der Waals surface area contributed by atoms with Gasteiger partial charge < -0.3 is 18.9 Å². The molecule has 4 aliphatic heterocycles. The topological polar surface area (TPSA) is 36.9 Å². The highest BCUT2D eigenvalue weighted by Gasteiger charge is 2.41. The molecule has 0 spiro atoms. The maximum atomic E-state index is 6.22. The molecule has 2 fully saturated rings. The second kappa shape index (κ2) is 4.98. The molecule has 0 aliphatic carbocycles. The molecule has 4 heteroatoms. The van der Waals surface area contributed by atoms with E-state index in [2.05, 4.69) is 0 Å². The molecule has 0 N–H and O–H groups in total. The van der Waals surface area contributed by atoms with Gasteiger partial charge in [0, 0.05) is 38.4 Å². The summed E-state index contributed by atoms with van der Waals surface area (Å²) >= 11 is 0. The normalized spacial score (nSPS) is 42.1. The SMILES string of the molecule is C1COC2CC3=C(CC4CCOCCC4O3)OC2C1. The minimum atomic E-state index is 0.214. The van der Waals surface area contributed by atoms with Crippen LogP contribution in [0.2, 0.25) is 0 Å². The largest absolute Gasteiger partial charge is 0.491 e. The summed E-state index contributed by atoms with van der Waals surface area (Å²) in [6, 6.07) is 0. The summed E-state index contributed by atoms with van der Waals surface area (Å²) in [4.78, 5) is 0. The molecule has 4 aliphatic rings. The van der Waals surface area contributed by atoms with Crippen LogP contribution in [-0.4, -0.2) is 38.1 Å². The van der Waals surface area contributed by atoms with Crippen molar-refractivity contribution in [2.24, 2.45) is 5.92 Å². The Balaban J connectivity index is 1.53. The third kappa shape index (κ3) is 2.25. The Labute approximate surface area is 114 Å². The number of rotatable bonds is 0. The van der Waals surface area contributed by atoms with E-state index < -0.39 is 0 Å². The first kappa shape index (κ1) is 12.0. The Morgan fingerprint density at radius 2 is 1.58 bits per heavy atom. The molecule has 4 unspecified atom stereocenters. The second-order valence-corrected chi connectivity index (χ2v) is 6.07. The molecule has 0 amide bonds. The molecule has 0 bridgehead atoms. The molecule has 0 aromatic heterocycles. The van der Waals surface area contributed by atoms with Crippen LogP contribution in [0.3, 0.4) is 0 Å². The van der Waals surface area contributed by atoms with E-state index in [0.29, 0.717) is 12.0 Å². The molecular formula is C15H22O4. The lowest BCUT2D eigenvalue weighted by molar-refractivity contribution is -0.127. The van der Waals surface area contributed by atoms with Crippen molar-refractivity contribution < 1.29 is 18.9 Å². The van der Waals surface area contributed by atoms with Crippen LogP contribution < -0.4 is 0 Å². The number of hydrogen-bond acceptors (Lipinski definition) is 4. The molecule has 4 nitrogen and oxygen atoms in total. The first-order chi connectivity index (χ1) is 9.40. The number of fused-ring (bicyclic) bond motifs is 2. The monoisotopic (exact) mass is 266 g/mol. The van der Waals surface area contributed by atoms with Gasteiger partial charge in [0.05, 0.1) is 6.61 Å². The maximum absolute atomic E-state index is 6.22. The molecule has 4 atom stereocenters. The lowest BCUT2D eigenvalue weighted by Crippen LogP contribution is -2.43. The molecule has 0 aromatic rings. The van der Waals surface area contributed by atoms with Crippen molar-refractivity contribution in [1.29, 1.82) is 0 Å². The van der Waals surface area contributed by atoms with Gasteiger partial charge in [-0.05, 0) is 19.3 Å². The summed E-state index contributed by atoms with van der Waals surface area (Å²) in [5, 5.41) is 0. The van der Waals surface area contributed by atoms with E-state index in [-0.39, 0.29) is 12.2 Å². The predicted octanol–water partition coefficient (Wildman–Crippen LogP) is 2.38. The third-order valence-corrected chi connectivity index (χ3v) is 4.82. The van der Waals surface area contributed by atoms with Gasteiger partial charge >= 0.3 is 0 Å². The van der Waals surface area contributed by atoms with Crippen LogP contribution in [0.4, 0.5) is 0 Å². The van der Waals surface area contributed by atoms with Crippen molar-refractivity contribution in [3.8, 4) is 0 Å². The minimum absolute atomic E-state index is 0.214. The van der Waals surface area contributed by atoms with Crippen molar-refractivity contribution in [3.63, 3.8) is 0 Å². The van der Waals surface area contributed by atoms with E-state index in [1.165, 1.54) is 0 Å². The fraction of sp³-hybridized carbons (Fsp3) is 0.867. The van der Waals surface area contributed by atoms with Gasteiger partial charge in [0.1, 0.15) is 29.8 Å². The summed E-state index contributed by atoms with van der Waals surface area (Å²) in [6.45, 7) is 2.56. The molecule has 106 valence electrons. The van der Waals surface area contributed by atoms with Gasteiger partial charge in [-0.1, -0.05) is 0 Å². The van der Waals surface area contributed by atoms with E-state index in [9.17, 15) is 0 Å². The Morgan fingerprint density at radius 3 is 2.58 bits per heavy atom. The van der Waals surface area contributed by atoms with Crippen LogP contribution in [0, 0.1) is 5.92 Å². The summed E-state index contributed by atoms with van der Waals surface area (Å²) in [5.74, 6) is 2.74. The minimum Gasteiger partial charge on any atom is -0.491 e.